The van der Waals surface area contributed by atoms with Gasteiger partial charge in [-0.1, -0.05) is 29.8 Å². The average Bonchev–Trinajstić information content (AvgIpc) is 2.28. The van der Waals surface area contributed by atoms with Gasteiger partial charge in [0.2, 0.25) is 5.95 Å². The number of benzene rings is 1. The Balaban J connectivity index is 2.29. The number of anilines is 2. The lowest BCUT2D eigenvalue weighted by Gasteiger charge is -2.06. The van der Waals surface area contributed by atoms with Gasteiger partial charge in [0, 0.05) is 16.4 Å². The third-order valence-corrected chi connectivity index (χ3v) is 2.36. The van der Waals surface area contributed by atoms with Crippen molar-refractivity contribution in [1.29, 1.82) is 0 Å². The first-order valence-corrected chi connectivity index (χ1v) is 6.03. The highest BCUT2D eigenvalue weighted by molar-refractivity contribution is 6.31. The molecular weight excluding hydrogens is 246 g/mol. The number of halogens is 1. The molecule has 3 nitrogen and oxygen atoms in total. The molecule has 0 radical (unpaired) electrons. The van der Waals surface area contributed by atoms with Crippen molar-refractivity contribution in [1.82, 2.24) is 9.97 Å². The molecule has 4 heteroatoms. The van der Waals surface area contributed by atoms with E-state index in [2.05, 4.69) is 15.3 Å². The van der Waals surface area contributed by atoms with Crippen LogP contribution in [0.15, 0.2) is 41.4 Å². The average molecular weight is 260 g/mol. The topological polar surface area (TPSA) is 37.8 Å². The molecule has 0 aliphatic rings. The zero-order chi connectivity index (χ0) is 13.0. The van der Waals surface area contributed by atoms with E-state index in [1.54, 1.807) is 0 Å². The summed E-state index contributed by atoms with van der Waals surface area (Å²) in [6, 6.07) is 11.7. The van der Waals surface area contributed by atoms with E-state index in [0.717, 1.165) is 17.1 Å². The summed E-state index contributed by atoms with van der Waals surface area (Å²) in [4.78, 5) is 8.73. The number of nitrogens with zero attached hydrogens (tertiary/aromatic N) is 2. The minimum atomic E-state index is 0.574. The van der Waals surface area contributed by atoms with Crippen molar-refractivity contribution < 1.29 is 0 Å². The monoisotopic (exact) mass is 259 g/mol. The molecule has 0 aliphatic heterocycles. The second-order valence-electron chi connectivity index (χ2n) is 3.98. The van der Waals surface area contributed by atoms with Gasteiger partial charge in [0.1, 0.15) is 0 Å². The van der Waals surface area contributed by atoms with E-state index in [0.29, 0.717) is 11.0 Å². The van der Waals surface area contributed by atoms with Gasteiger partial charge in [0.15, 0.2) is 0 Å². The zero-order valence-electron chi connectivity index (χ0n) is 10.3. The van der Waals surface area contributed by atoms with E-state index in [-0.39, 0.29) is 0 Å². The maximum Gasteiger partial charge on any atom is 0.227 e. The zero-order valence-corrected chi connectivity index (χ0v) is 11.1. The van der Waals surface area contributed by atoms with E-state index in [9.17, 15) is 0 Å². The first kappa shape index (κ1) is 12.6. The molecule has 18 heavy (non-hydrogen) atoms. The predicted octanol–water partition coefficient (Wildman–Crippen LogP) is 4.13. The molecule has 1 aromatic carbocycles. The molecule has 0 aliphatic carbocycles. The van der Waals surface area contributed by atoms with Crippen LogP contribution in [-0.2, 0) is 0 Å². The van der Waals surface area contributed by atoms with Gasteiger partial charge in [-0.15, -0.1) is 0 Å². The van der Waals surface area contributed by atoms with Crippen molar-refractivity contribution in [3.63, 3.8) is 0 Å². The lowest BCUT2D eigenvalue weighted by Crippen LogP contribution is -1.99. The van der Waals surface area contributed by atoms with E-state index in [4.69, 9.17) is 11.6 Å². The fourth-order valence-corrected chi connectivity index (χ4v) is 1.69. The second kappa shape index (κ2) is 5.65. The first-order chi connectivity index (χ1) is 8.63. The number of allylic oxidation sites excluding steroid dienone is 1. The third-order valence-electron chi connectivity index (χ3n) is 2.25. The summed E-state index contributed by atoms with van der Waals surface area (Å²) in [6.07, 6.45) is 1.81. The van der Waals surface area contributed by atoms with E-state index >= 15 is 0 Å². The molecule has 0 spiro atoms. The van der Waals surface area contributed by atoms with Crippen LogP contribution in [0.2, 0.25) is 0 Å². The van der Waals surface area contributed by atoms with Gasteiger partial charge in [0.25, 0.3) is 0 Å². The maximum absolute atomic E-state index is 5.86. The Morgan fingerprint density at radius 1 is 1.22 bits per heavy atom. The number of rotatable bonds is 3. The van der Waals surface area contributed by atoms with Gasteiger partial charge >= 0.3 is 0 Å². The lowest BCUT2D eigenvalue weighted by atomic mass is 10.3. The Bertz CT molecular complexity index is 561. The van der Waals surface area contributed by atoms with Crippen molar-refractivity contribution in [2.24, 2.45) is 0 Å². The number of aromatic nitrogens is 2. The Hall–Kier alpha value is -1.87. The molecule has 92 valence electrons. The van der Waals surface area contributed by atoms with Crippen LogP contribution >= 0.6 is 11.6 Å². The second-order valence-corrected chi connectivity index (χ2v) is 4.58. The Kier molecular flexibility index (Phi) is 3.95. The molecule has 1 heterocycles. The Morgan fingerprint density at radius 2 is 1.94 bits per heavy atom. The highest BCUT2D eigenvalue weighted by Gasteiger charge is 2.01. The van der Waals surface area contributed by atoms with E-state index in [1.807, 2.05) is 56.3 Å². The lowest BCUT2D eigenvalue weighted by molar-refractivity contribution is 1.09. The number of hydrogen-bond donors (Lipinski definition) is 1. The largest absolute Gasteiger partial charge is 0.324 e. The van der Waals surface area contributed by atoms with Crippen LogP contribution in [-0.4, -0.2) is 9.97 Å². The highest BCUT2D eigenvalue weighted by atomic mass is 35.5. The van der Waals surface area contributed by atoms with Crippen molar-refractivity contribution in [2.45, 2.75) is 13.8 Å². The standard InChI is InChI=1S/C14H14ClN3/c1-10(15)8-13-9-11(2)16-14(18-13)17-12-6-4-3-5-7-12/h3-9H,1-2H3,(H,16,17,18). The van der Waals surface area contributed by atoms with Crippen LogP contribution in [0.25, 0.3) is 6.08 Å². The van der Waals surface area contributed by atoms with Gasteiger partial charge in [-0.25, -0.2) is 9.97 Å². The minimum absolute atomic E-state index is 0.574. The van der Waals surface area contributed by atoms with Crippen LogP contribution in [0.4, 0.5) is 11.6 Å². The van der Waals surface area contributed by atoms with Crippen LogP contribution in [0.3, 0.4) is 0 Å². The number of aryl methyl sites for hydroxylation is 1. The normalized spacial score (nSPS) is 11.4. The molecule has 0 saturated heterocycles. The smallest absolute Gasteiger partial charge is 0.227 e. The van der Waals surface area contributed by atoms with Gasteiger partial charge < -0.3 is 5.32 Å². The fourth-order valence-electron chi connectivity index (χ4n) is 1.58. The molecule has 0 amide bonds. The predicted molar refractivity (Wildman–Crippen MR) is 76.0 cm³/mol. The van der Waals surface area contributed by atoms with Crippen LogP contribution in [0.1, 0.15) is 18.3 Å². The van der Waals surface area contributed by atoms with Crippen LogP contribution in [0, 0.1) is 6.92 Å². The molecule has 2 aromatic rings. The highest BCUT2D eigenvalue weighted by Crippen LogP contribution is 2.15. The number of nitrogens with one attached hydrogen (secondary N) is 1. The maximum atomic E-state index is 5.86. The summed E-state index contributed by atoms with van der Waals surface area (Å²) in [5.41, 5.74) is 2.65. The van der Waals surface area contributed by atoms with Crippen molar-refractivity contribution in [2.75, 3.05) is 5.32 Å². The molecule has 0 atom stereocenters. The molecule has 0 saturated carbocycles. The molecular formula is C14H14ClN3. The quantitative estimate of drug-likeness (QED) is 0.901. The Morgan fingerprint density at radius 3 is 2.61 bits per heavy atom. The molecule has 2 rings (SSSR count). The molecule has 1 N–H and O–H groups in total. The summed E-state index contributed by atoms with van der Waals surface area (Å²) >= 11 is 5.86. The third kappa shape index (κ3) is 3.57. The number of para-hydroxylation sites is 1. The van der Waals surface area contributed by atoms with Crippen molar-refractivity contribution in [3.8, 4) is 0 Å². The summed E-state index contributed by atoms with van der Waals surface area (Å²) < 4.78 is 0. The summed E-state index contributed by atoms with van der Waals surface area (Å²) in [7, 11) is 0. The molecule has 0 unspecified atom stereocenters. The van der Waals surface area contributed by atoms with Crippen LogP contribution in [0.5, 0.6) is 0 Å². The number of hydrogen-bond acceptors (Lipinski definition) is 3. The summed E-state index contributed by atoms with van der Waals surface area (Å²) in [6.45, 7) is 3.75. The van der Waals surface area contributed by atoms with Gasteiger partial charge in [-0.3, -0.25) is 0 Å². The van der Waals surface area contributed by atoms with E-state index < -0.39 is 0 Å². The van der Waals surface area contributed by atoms with Gasteiger partial charge in [0.05, 0.1) is 5.69 Å². The van der Waals surface area contributed by atoms with Crippen LogP contribution < -0.4 is 5.32 Å². The molecule has 1 aromatic heterocycles. The molecule has 0 bridgehead atoms. The summed E-state index contributed by atoms with van der Waals surface area (Å²) in [5.74, 6) is 0.574. The minimum Gasteiger partial charge on any atom is -0.324 e. The molecule has 0 fully saturated rings. The summed E-state index contributed by atoms with van der Waals surface area (Å²) in [5, 5.41) is 3.86. The van der Waals surface area contributed by atoms with Gasteiger partial charge in [-0.05, 0) is 38.1 Å². The van der Waals surface area contributed by atoms with Crippen molar-refractivity contribution >= 4 is 29.3 Å². The first-order valence-electron chi connectivity index (χ1n) is 5.65. The van der Waals surface area contributed by atoms with E-state index in [1.165, 1.54) is 0 Å². The van der Waals surface area contributed by atoms with Crippen molar-refractivity contribution in [3.05, 3.63) is 52.8 Å². The fraction of sp³-hybridized carbons (Fsp3) is 0.143. The Labute approximate surface area is 112 Å². The van der Waals surface area contributed by atoms with Gasteiger partial charge in [-0.2, -0.15) is 0 Å². The SMILES string of the molecule is CC(Cl)=Cc1cc(C)nc(Nc2ccccc2)n1.